The van der Waals surface area contributed by atoms with Crippen LogP contribution in [0.15, 0.2) is 23.1 Å². The van der Waals surface area contributed by atoms with E-state index >= 15 is 0 Å². The molecule has 0 spiro atoms. The Morgan fingerprint density at radius 2 is 1.95 bits per heavy atom. The second-order valence-corrected chi connectivity index (χ2v) is 5.73. The van der Waals surface area contributed by atoms with E-state index in [9.17, 15) is 14.4 Å². The number of hydrogen-bond donors (Lipinski definition) is 0. The first kappa shape index (κ1) is 16.4. The summed E-state index contributed by atoms with van der Waals surface area (Å²) in [5.41, 5.74) is 0.0839. The third-order valence-electron chi connectivity index (χ3n) is 2.99. The van der Waals surface area contributed by atoms with E-state index in [0.717, 1.165) is 3.57 Å². The number of nitrogens with zero attached hydrogens (tertiary/aromatic N) is 2. The molecule has 0 amide bonds. The lowest BCUT2D eigenvalue weighted by Crippen LogP contribution is -2.19. The van der Waals surface area contributed by atoms with Crippen LogP contribution in [0.3, 0.4) is 0 Å². The van der Waals surface area contributed by atoms with Crippen LogP contribution in [0.25, 0.3) is 11.0 Å². The summed E-state index contributed by atoms with van der Waals surface area (Å²) < 4.78 is 11.9. The largest absolute Gasteiger partial charge is 0.469 e. The number of esters is 2. The van der Waals surface area contributed by atoms with Gasteiger partial charge >= 0.3 is 11.9 Å². The lowest BCUT2D eigenvalue weighted by atomic mass is 10.2. The van der Waals surface area contributed by atoms with Gasteiger partial charge in [0.25, 0.3) is 5.56 Å². The van der Waals surface area contributed by atoms with E-state index in [1.807, 2.05) is 0 Å². The molecule has 22 heavy (non-hydrogen) atoms. The second kappa shape index (κ2) is 6.86. The zero-order chi connectivity index (χ0) is 16.3. The molecule has 0 saturated carbocycles. The molecule has 116 valence electrons. The fourth-order valence-electron chi connectivity index (χ4n) is 1.84. The van der Waals surface area contributed by atoms with Gasteiger partial charge in [-0.1, -0.05) is 0 Å². The number of halogens is 1. The summed E-state index contributed by atoms with van der Waals surface area (Å²) in [5.74, 6) is -0.972. The Morgan fingerprint density at radius 3 is 2.64 bits per heavy atom. The van der Waals surface area contributed by atoms with E-state index < -0.39 is 11.9 Å². The molecule has 0 saturated heterocycles. The van der Waals surface area contributed by atoms with Crippen LogP contribution in [0.2, 0.25) is 0 Å². The van der Waals surface area contributed by atoms with Gasteiger partial charge < -0.3 is 9.47 Å². The predicted octanol–water partition coefficient (Wildman–Crippen LogP) is 1.40. The topological polar surface area (TPSA) is 87.5 Å². The lowest BCUT2D eigenvalue weighted by molar-refractivity contribution is -0.144. The minimum atomic E-state index is -0.612. The molecule has 0 N–H and O–H groups in total. The summed E-state index contributed by atoms with van der Waals surface area (Å²) in [6, 6.07) is 3.00. The smallest absolute Gasteiger partial charge is 0.311 e. The molecule has 0 aromatic carbocycles. The van der Waals surface area contributed by atoms with Gasteiger partial charge in [0.1, 0.15) is 11.4 Å². The van der Waals surface area contributed by atoms with Crippen LogP contribution in [0, 0.1) is 3.57 Å². The highest BCUT2D eigenvalue weighted by molar-refractivity contribution is 14.1. The van der Waals surface area contributed by atoms with Crippen LogP contribution in [0.1, 0.15) is 12.8 Å². The zero-order valence-corrected chi connectivity index (χ0v) is 14.1. The number of ether oxygens (including phenoxy) is 2. The van der Waals surface area contributed by atoms with Crippen molar-refractivity contribution in [2.45, 2.75) is 12.8 Å². The van der Waals surface area contributed by atoms with Gasteiger partial charge in [0, 0.05) is 22.9 Å². The number of aryl methyl sites for hydroxylation is 1. The van der Waals surface area contributed by atoms with Crippen molar-refractivity contribution in [3.8, 4) is 5.75 Å². The number of carbonyl (C=O) groups is 2. The maximum Gasteiger partial charge on any atom is 0.311 e. The lowest BCUT2D eigenvalue weighted by Gasteiger charge is -2.10. The molecule has 0 radical (unpaired) electrons. The molecule has 0 fully saturated rings. The number of methoxy groups -OCH3 is 1. The van der Waals surface area contributed by atoms with Crippen molar-refractivity contribution in [3.05, 3.63) is 32.3 Å². The molecule has 0 bridgehead atoms. The number of carbonyl (C=O) groups excluding carboxylic acids is 2. The van der Waals surface area contributed by atoms with Crippen molar-refractivity contribution in [2.75, 3.05) is 7.11 Å². The third kappa shape index (κ3) is 3.62. The molecule has 0 unspecified atom stereocenters. The van der Waals surface area contributed by atoms with Crippen LogP contribution < -0.4 is 10.3 Å². The molecule has 0 atom stereocenters. The Hall–Kier alpha value is -1.97. The van der Waals surface area contributed by atoms with Crippen molar-refractivity contribution in [1.82, 2.24) is 9.55 Å². The van der Waals surface area contributed by atoms with Crippen molar-refractivity contribution in [2.24, 2.45) is 7.05 Å². The first-order valence-electron chi connectivity index (χ1n) is 6.35. The summed E-state index contributed by atoms with van der Waals surface area (Å²) in [7, 11) is 2.84. The second-order valence-electron chi connectivity index (χ2n) is 4.48. The van der Waals surface area contributed by atoms with E-state index in [1.54, 1.807) is 19.3 Å². The van der Waals surface area contributed by atoms with Crippen molar-refractivity contribution >= 4 is 45.6 Å². The Kier molecular flexibility index (Phi) is 5.11. The number of hydrogen-bond acceptors (Lipinski definition) is 6. The highest BCUT2D eigenvalue weighted by Gasteiger charge is 2.14. The van der Waals surface area contributed by atoms with Crippen LogP contribution in [0.5, 0.6) is 5.75 Å². The maximum absolute atomic E-state index is 11.9. The number of rotatable bonds is 4. The number of pyridine rings is 2. The molecule has 7 nitrogen and oxygen atoms in total. The van der Waals surface area contributed by atoms with Crippen molar-refractivity contribution in [1.29, 1.82) is 0 Å². The number of fused-ring (bicyclic) bond motifs is 1. The van der Waals surface area contributed by atoms with Crippen molar-refractivity contribution < 1.29 is 19.1 Å². The highest BCUT2D eigenvalue weighted by Crippen LogP contribution is 2.24. The van der Waals surface area contributed by atoms with Gasteiger partial charge in [0.2, 0.25) is 0 Å². The number of aromatic nitrogens is 2. The average Bonchev–Trinajstić information content (AvgIpc) is 2.49. The molecular formula is C14H13IN2O5. The van der Waals surface area contributed by atoms with Gasteiger partial charge in [-0.25, -0.2) is 4.98 Å². The highest BCUT2D eigenvalue weighted by atomic mass is 127. The molecule has 2 heterocycles. The standard InChI is InChI=1S/C14H13IN2O5/c1-17-11(18)6-10(9-5-8(15)7-16-14(9)17)22-13(20)4-3-12(19)21-2/h5-7H,3-4H2,1-2H3. The van der Waals surface area contributed by atoms with E-state index in [1.165, 1.54) is 17.7 Å². The Bertz CT molecular complexity index is 800. The quantitative estimate of drug-likeness (QED) is 0.553. The minimum absolute atomic E-state index is 0.0755. The van der Waals surface area contributed by atoms with E-state index in [0.29, 0.717) is 11.0 Å². The Labute approximate surface area is 139 Å². The van der Waals surface area contributed by atoms with Gasteiger partial charge in [-0.3, -0.25) is 19.0 Å². The van der Waals surface area contributed by atoms with Gasteiger partial charge in [-0.15, -0.1) is 0 Å². The molecule has 8 heteroatoms. The Balaban J connectivity index is 2.33. The normalized spacial score (nSPS) is 10.5. The SMILES string of the molecule is COC(=O)CCC(=O)Oc1cc(=O)n(C)c2ncc(I)cc12. The first-order chi connectivity index (χ1) is 10.4. The molecular weight excluding hydrogens is 403 g/mol. The zero-order valence-electron chi connectivity index (χ0n) is 12.0. The summed E-state index contributed by atoms with van der Waals surface area (Å²) in [5, 5.41) is 0.556. The summed E-state index contributed by atoms with van der Waals surface area (Å²) in [6.45, 7) is 0. The van der Waals surface area contributed by atoms with Gasteiger partial charge in [-0.2, -0.15) is 0 Å². The van der Waals surface area contributed by atoms with Crippen molar-refractivity contribution in [3.63, 3.8) is 0 Å². The molecule has 2 aromatic heterocycles. The van der Waals surface area contributed by atoms with E-state index in [2.05, 4.69) is 32.3 Å². The van der Waals surface area contributed by atoms with Gasteiger partial charge in [0.15, 0.2) is 0 Å². The van der Waals surface area contributed by atoms with Crippen LogP contribution >= 0.6 is 22.6 Å². The monoisotopic (exact) mass is 416 g/mol. The minimum Gasteiger partial charge on any atom is -0.469 e. The average molecular weight is 416 g/mol. The molecule has 2 rings (SSSR count). The molecule has 2 aromatic rings. The van der Waals surface area contributed by atoms with Gasteiger partial charge in [0.05, 0.1) is 25.3 Å². The first-order valence-corrected chi connectivity index (χ1v) is 7.43. The van der Waals surface area contributed by atoms with Gasteiger partial charge in [-0.05, 0) is 28.7 Å². The Morgan fingerprint density at radius 1 is 1.27 bits per heavy atom. The predicted molar refractivity (Wildman–Crippen MR) is 86.6 cm³/mol. The fraction of sp³-hybridized carbons (Fsp3) is 0.286. The fourth-order valence-corrected chi connectivity index (χ4v) is 2.29. The maximum atomic E-state index is 11.9. The third-order valence-corrected chi connectivity index (χ3v) is 3.58. The summed E-state index contributed by atoms with van der Waals surface area (Å²) >= 11 is 2.08. The molecule has 0 aliphatic heterocycles. The van der Waals surface area contributed by atoms with E-state index in [-0.39, 0.29) is 24.2 Å². The van der Waals surface area contributed by atoms with E-state index in [4.69, 9.17) is 4.74 Å². The molecule has 0 aliphatic rings. The summed E-state index contributed by atoms with van der Waals surface area (Å²) in [6.07, 6.45) is 1.42. The van der Waals surface area contributed by atoms with Crippen LogP contribution in [-0.4, -0.2) is 28.6 Å². The molecule has 0 aliphatic carbocycles. The summed E-state index contributed by atoms with van der Waals surface area (Å²) in [4.78, 5) is 38.9. The van der Waals surface area contributed by atoms with Crippen LogP contribution in [-0.2, 0) is 21.4 Å². The van der Waals surface area contributed by atoms with Crippen LogP contribution in [0.4, 0.5) is 0 Å².